The van der Waals surface area contributed by atoms with Crippen LogP contribution in [0.25, 0.3) is 0 Å². The monoisotopic (exact) mass is 192 g/mol. The van der Waals surface area contributed by atoms with Crippen LogP contribution in [0.1, 0.15) is 51.0 Å². The molecule has 1 heterocycles. The van der Waals surface area contributed by atoms with Gasteiger partial charge in [-0.3, -0.25) is 0 Å². The van der Waals surface area contributed by atoms with Crippen LogP contribution in [-0.4, -0.2) is 15.1 Å². The molecule has 14 heavy (non-hydrogen) atoms. The van der Waals surface area contributed by atoms with Crippen LogP contribution in [0.15, 0.2) is 6.07 Å². The molecule has 0 saturated heterocycles. The molecule has 0 spiro atoms. The van der Waals surface area contributed by atoms with Crippen LogP contribution < -0.4 is 0 Å². The molecular weight excluding hydrogens is 176 g/mol. The maximum Gasteiger partial charge on any atom is 0.214 e. The molecule has 3 nitrogen and oxygen atoms in total. The van der Waals surface area contributed by atoms with Gasteiger partial charge in [0.15, 0.2) is 0 Å². The molecule has 0 atom stereocenters. The largest absolute Gasteiger partial charge is 0.493 e. The average Bonchev–Trinajstić information content (AvgIpc) is 2.83. The number of aromatic hydroxyl groups is 1. The van der Waals surface area contributed by atoms with Gasteiger partial charge < -0.3 is 5.11 Å². The third-order valence-corrected chi connectivity index (χ3v) is 2.40. The Labute approximate surface area is 84.2 Å². The van der Waals surface area contributed by atoms with Crippen molar-refractivity contribution in [3.8, 4) is 5.88 Å². The lowest BCUT2D eigenvalue weighted by atomic mass is 9.95. The molecule has 1 aliphatic rings. The maximum absolute atomic E-state index is 9.48. The van der Waals surface area contributed by atoms with Gasteiger partial charge in [-0.05, 0) is 12.8 Å². The van der Waals surface area contributed by atoms with Crippen molar-refractivity contribution < 1.29 is 5.11 Å². The summed E-state index contributed by atoms with van der Waals surface area (Å²) in [6.45, 7) is 6.16. The molecule has 2 rings (SSSR count). The first-order valence-corrected chi connectivity index (χ1v) is 5.05. The summed E-state index contributed by atoms with van der Waals surface area (Å²) >= 11 is 0. The molecule has 1 fully saturated rings. The third-order valence-electron chi connectivity index (χ3n) is 2.40. The molecule has 0 aromatic carbocycles. The normalized spacial score (nSPS) is 17.1. The molecule has 0 aliphatic heterocycles. The maximum atomic E-state index is 9.48. The number of hydrogen-bond acceptors (Lipinski definition) is 3. The summed E-state index contributed by atoms with van der Waals surface area (Å²) in [5.41, 5.74) is 0.907. The van der Waals surface area contributed by atoms with Gasteiger partial charge in [0.25, 0.3) is 0 Å². The molecule has 1 N–H and O–H groups in total. The number of hydrogen-bond donors (Lipinski definition) is 1. The second-order valence-electron chi connectivity index (χ2n) is 5.00. The highest BCUT2D eigenvalue weighted by molar-refractivity contribution is 5.23. The smallest absolute Gasteiger partial charge is 0.214 e. The summed E-state index contributed by atoms with van der Waals surface area (Å²) in [6, 6.07) is 1.69. The average molecular weight is 192 g/mol. The summed E-state index contributed by atoms with van der Waals surface area (Å²) < 4.78 is 0. The molecule has 0 amide bonds. The molecule has 3 heteroatoms. The van der Waals surface area contributed by atoms with Crippen molar-refractivity contribution in [2.24, 2.45) is 0 Å². The first-order chi connectivity index (χ1) is 6.47. The van der Waals surface area contributed by atoms with Crippen LogP contribution >= 0.6 is 0 Å². The van der Waals surface area contributed by atoms with Crippen LogP contribution in [0.5, 0.6) is 5.88 Å². The van der Waals surface area contributed by atoms with Gasteiger partial charge >= 0.3 is 0 Å². The van der Waals surface area contributed by atoms with Crippen LogP contribution in [0.4, 0.5) is 0 Å². The van der Waals surface area contributed by atoms with E-state index in [1.54, 1.807) is 6.07 Å². The van der Waals surface area contributed by atoms with E-state index in [0.717, 1.165) is 11.5 Å². The lowest BCUT2D eigenvalue weighted by molar-refractivity contribution is 0.434. The molecule has 0 unspecified atom stereocenters. The van der Waals surface area contributed by atoms with Crippen LogP contribution in [0.2, 0.25) is 0 Å². The van der Waals surface area contributed by atoms with Crippen molar-refractivity contribution in [1.29, 1.82) is 0 Å². The van der Waals surface area contributed by atoms with Crippen LogP contribution in [-0.2, 0) is 5.41 Å². The highest BCUT2D eigenvalue weighted by atomic mass is 16.3. The van der Waals surface area contributed by atoms with E-state index in [2.05, 4.69) is 30.7 Å². The molecule has 1 aliphatic carbocycles. The lowest BCUT2D eigenvalue weighted by Gasteiger charge is -2.17. The Kier molecular flexibility index (Phi) is 1.98. The van der Waals surface area contributed by atoms with Crippen molar-refractivity contribution in [3.63, 3.8) is 0 Å². The summed E-state index contributed by atoms with van der Waals surface area (Å²) in [7, 11) is 0. The molecule has 0 radical (unpaired) electrons. The molecule has 1 aromatic heterocycles. The van der Waals surface area contributed by atoms with Gasteiger partial charge in [-0.2, -0.15) is 4.98 Å². The van der Waals surface area contributed by atoms with Crippen molar-refractivity contribution in [3.05, 3.63) is 17.6 Å². The van der Waals surface area contributed by atoms with Gasteiger partial charge in [-0.1, -0.05) is 20.8 Å². The lowest BCUT2D eigenvalue weighted by Crippen LogP contribution is -2.16. The minimum atomic E-state index is -0.0949. The van der Waals surface area contributed by atoms with Crippen LogP contribution in [0.3, 0.4) is 0 Å². The van der Waals surface area contributed by atoms with Gasteiger partial charge in [0, 0.05) is 17.4 Å². The zero-order valence-electron chi connectivity index (χ0n) is 8.91. The molecule has 0 bridgehead atoms. The minimum absolute atomic E-state index is 0.0949. The Balaban J connectivity index is 2.41. The topological polar surface area (TPSA) is 46.0 Å². The van der Waals surface area contributed by atoms with Gasteiger partial charge in [-0.15, -0.1) is 0 Å². The van der Waals surface area contributed by atoms with E-state index in [1.165, 1.54) is 12.8 Å². The standard InChI is InChI=1S/C11H16N2O/c1-11(2,3)10-12-8(7-4-5-7)6-9(14)13-10/h6-7H,4-5H2,1-3H3,(H,12,13,14). The Morgan fingerprint density at radius 3 is 2.43 bits per heavy atom. The second-order valence-corrected chi connectivity index (χ2v) is 5.00. The zero-order chi connectivity index (χ0) is 10.3. The number of rotatable bonds is 1. The fraction of sp³-hybridized carbons (Fsp3) is 0.636. The quantitative estimate of drug-likeness (QED) is 0.743. The van der Waals surface area contributed by atoms with E-state index < -0.39 is 0 Å². The molecule has 1 saturated carbocycles. The van der Waals surface area contributed by atoms with E-state index in [1.807, 2.05) is 0 Å². The van der Waals surface area contributed by atoms with Crippen molar-refractivity contribution in [1.82, 2.24) is 9.97 Å². The van der Waals surface area contributed by atoms with Gasteiger partial charge in [-0.25, -0.2) is 4.98 Å². The highest BCUT2D eigenvalue weighted by Gasteiger charge is 2.28. The molecule has 1 aromatic rings. The highest BCUT2D eigenvalue weighted by Crippen LogP contribution is 2.40. The Morgan fingerprint density at radius 2 is 1.93 bits per heavy atom. The first kappa shape index (κ1) is 9.44. The Morgan fingerprint density at radius 1 is 1.29 bits per heavy atom. The predicted octanol–water partition coefficient (Wildman–Crippen LogP) is 2.36. The van der Waals surface area contributed by atoms with E-state index >= 15 is 0 Å². The van der Waals surface area contributed by atoms with E-state index in [4.69, 9.17) is 0 Å². The summed E-state index contributed by atoms with van der Waals surface area (Å²) in [5.74, 6) is 1.40. The summed E-state index contributed by atoms with van der Waals surface area (Å²) in [6.07, 6.45) is 2.39. The van der Waals surface area contributed by atoms with Gasteiger partial charge in [0.05, 0.1) is 5.69 Å². The molecule has 76 valence electrons. The fourth-order valence-electron chi connectivity index (χ4n) is 1.38. The minimum Gasteiger partial charge on any atom is -0.493 e. The second kappa shape index (κ2) is 2.94. The summed E-state index contributed by atoms with van der Waals surface area (Å²) in [4.78, 5) is 8.56. The van der Waals surface area contributed by atoms with E-state index in [9.17, 15) is 5.11 Å². The number of nitrogens with zero attached hydrogens (tertiary/aromatic N) is 2. The number of aromatic nitrogens is 2. The van der Waals surface area contributed by atoms with E-state index in [-0.39, 0.29) is 11.3 Å². The van der Waals surface area contributed by atoms with E-state index in [0.29, 0.717) is 5.92 Å². The third kappa shape index (κ3) is 1.86. The SMILES string of the molecule is CC(C)(C)c1nc(O)cc(C2CC2)n1. The fourth-order valence-corrected chi connectivity index (χ4v) is 1.38. The van der Waals surface area contributed by atoms with Crippen molar-refractivity contribution in [2.45, 2.75) is 44.9 Å². The van der Waals surface area contributed by atoms with Gasteiger partial charge in [0.1, 0.15) is 5.82 Å². The zero-order valence-corrected chi connectivity index (χ0v) is 8.91. The Bertz CT molecular complexity index is 351. The van der Waals surface area contributed by atoms with Gasteiger partial charge in [0.2, 0.25) is 5.88 Å². The predicted molar refractivity (Wildman–Crippen MR) is 54.4 cm³/mol. The summed E-state index contributed by atoms with van der Waals surface area (Å²) in [5, 5.41) is 9.48. The molecular formula is C11H16N2O. The first-order valence-electron chi connectivity index (χ1n) is 5.05. The van der Waals surface area contributed by atoms with Crippen LogP contribution in [0, 0.1) is 0 Å². The van der Waals surface area contributed by atoms with Crippen molar-refractivity contribution >= 4 is 0 Å². The Hall–Kier alpha value is -1.12. The van der Waals surface area contributed by atoms with Crippen molar-refractivity contribution in [2.75, 3.05) is 0 Å².